The van der Waals surface area contributed by atoms with E-state index in [1.807, 2.05) is 0 Å². The molecule has 3 aliphatic heterocycles. The van der Waals surface area contributed by atoms with E-state index in [2.05, 4.69) is 129 Å². The van der Waals surface area contributed by atoms with Crippen molar-refractivity contribution in [3.8, 4) is 0 Å². The van der Waals surface area contributed by atoms with Gasteiger partial charge in [-0.15, -0.1) is 0 Å². The Morgan fingerprint density at radius 2 is 0.902 bits per heavy atom. The van der Waals surface area contributed by atoms with E-state index in [9.17, 15) is 0 Å². The largest absolute Gasteiger partial charge is 2.00 e. The Morgan fingerprint density at radius 1 is 0.488 bits per heavy atom. The molecule has 2 aromatic carbocycles. The van der Waals surface area contributed by atoms with Crippen LogP contribution in [0.1, 0.15) is 0 Å². The van der Waals surface area contributed by atoms with Crippen molar-refractivity contribution in [1.82, 2.24) is 20.6 Å². The molecule has 0 saturated carbocycles. The molecular formula is C32H26MgN8. The van der Waals surface area contributed by atoms with Crippen LogP contribution in [0, 0.1) is 11.8 Å². The number of nitrogens with one attached hydrogen (secondary N) is 6. The molecule has 196 valence electrons. The van der Waals surface area contributed by atoms with Gasteiger partial charge in [0.25, 0.3) is 0 Å². The van der Waals surface area contributed by atoms with Crippen molar-refractivity contribution in [2.24, 2.45) is 11.8 Å². The van der Waals surface area contributed by atoms with Gasteiger partial charge in [0.1, 0.15) is 0 Å². The normalized spacial score (nSPS) is 25.0. The number of allylic oxidation sites excluding steroid dienone is 6. The second-order valence-electron chi connectivity index (χ2n) is 10.7. The van der Waals surface area contributed by atoms with Gasteiger partial charge in [-0.2, -0.15) is 0 Å². The van der Waals surface area contributed by atoms with Gasteiger partial charge in [-0.05, 0) is 32.7 Å². The van der Waals surface area contributed by atoms with Crippen LogP contribution in [0.2, 0.25) is 0 Å². The molecule has 0 spiro atoms. The SMILES string of the molecule is C1=CC2=C3Nc4[n-]c(c5ccccc45)NC4=C5C=CC=CC5C(N4)Nc4[n-]c(c5ccccc45)NC(N3)C2C=C1.[Mg+2]. The van der Waals surface area contributed by atoms with Crippen molar-refractivity contribution in [3.63, 3.8) is 0 Å². The van der Waals surface area contributed by atoms with Crippen LogP contribution in [-0.2, 0) is 0 Å². The monoisotopic (exact) mass is 546 g/mol. The van der Waals surface area contributed by atoms with Crippen molar-refractivity contribution < 1.29 is 0 Å². The molecule has 4 unspecified atom stereocenters. The molecular weight excluding hydrogens is 521 g/mol. The van der Waals surface area contributed by atoms with E-state index in [1.165, 1.54) is 11.1 Å². The summed E-state index contributed by atoms with van der Waals surface area (Å²) < 4.78 is 0. The number of benzene rings is 2. The standard InChI is InChI=1S/C32H26N8.Mg/c1-2-10-18-17(9-1)25-33-26(18)38-28-21-13-5-6-14-22(21)30(35-28)40-32-24-16-8-7-15-23(24)31(36-32)39-29-20-12-4-3-11-19(20)27(34-29)37-25;/h1-17,23,25,31,33,36-40H;/q-2;+2. The number of hydrogen-bond donors (Lipinski definition) is 6. The smallest absolute Gasteiger partial charge is 0.421 e. The summed E-state index contributed by atoms with van der Waals surface area (Å²) in [6, 6.07) is 16.7. The molecule has 0 radical (unpaired) electrons. The molecule has 6 N–H and O–H groups in total. The van der Waals surface area contributed by atoms with Gasteiger partial charge < -0.3 is 41.9 Å². The molecule has 0 amide bonds. The number of fused-ring (bicyclic) bond motifs is 18. The van der Waals surface area contributed by atoms with Crippen LogP contribution in [0.5, 0.6) is 0 Å². The second-order valence-corrected chi connectivity index (χ2v) is 10.7. The van der Waals surface area contributed by atoms with Gasteiger partial charge in [-0.3, -0.25) is 0 Å². The van der Waals surface area contributed by atoms with Crippen LogP contribution in [0.4, 0.5) is 23.3 Å². The first kappa shape index (κ1) is 24.3. The van der Waals surface area contributed by atoms with Crippen LogP contribution < -0.4 is 41.9 Å². The van der Waals surface area contributed by atoms with Gasteiger partial charge in [-0.1, -0.05) is 97.1 Å². The van der Waals surface area contributed by atoms with E-state index in [4.69, 9.17) is 9.97 Å². The minimum atomic E-state index is -0.0764. The molecule has 4 atom stereocenters. The Hall–Kier alpha value is -4.47. The summed E-state index contributed by atoms with van der Waals surface area (Å²) in [7, 11) is 0. The number of hydrogen-bond acceptors (Lipinski definition) is 6. The average molecular weight is 547 g/mol. The van der Waals surface area contributed by atoms with Crippen molar-refractivity contribution in [2.45, 2.75) is 12.3 Å². The summed E-state index contributed by atoms with van der Waals surface area (Å²) in [5.74, 6) is 5.51. The zero-order valence-electron chi connectivity index (χ0n) is 22.1. The molecule has 0 saturated heterocycles. The molecule has 9 heteroatoms. The van der Waals surface area contributed by atoms with E-state index in [-0.39, 0.29) is 47.2 Å². The Balaban J connectivity index is 0.00000256. The third kappa shape index (κ3) is 3.73. The maximum absolute atomic E-state index is 5.11. The van der Waals surface area contributed by atoms with Gasteiger partial charge in [-0.25, -0.2) is 0 Å². The number of rotatable bonds is 0. The van der Waals surface area contributed by atoms with E-state index >= 15 is 0 Å². The van der Waals surface area contributed by atoms with Gasteiger partial charge in [0, 0.05) is 35.1 Å². The summed E-state index contributed by atoms with van der Waals surface area (Å²) in [4.78, 5) is 10.2. The fraction of sp³-hybridized carbons (Fsp3) is 0.125. The summed E-state index contributed by atoms with van der Waals surface area (Å²) >= 11 is 0. The van der Waals surface area contributed by atoms with E-state index in [0.717, 1.165) is 56.5 Å². The minimum Gasteiger partial charge on any atom is -0.421 e. The van der Waals surface area contributed by atoms with Gasteiger partial charge in [0.2, 0.25) is 0 Å². The maximum atomic E-state index is 5.11. The van der Waals surface area contributed by atoms with Crippen LogP contribution in [-0.4, -0.2) is 35.4 Å². The van der Waals surface area contributed by atoms with Gasteiger partial charge in [0.05, 0.1) is 24.0 Å². The molecule has 5 heterocycles. The predicted molar refractivity (Wildman–Crippen MR) is 166 cm³/mol. The van der Waals surface area contributed by atoms with Gasteiger partial charge in [0.15, 0.2) is 0 Å². The van der Waals surface area contributed by atoms with Crippen LogP contribution in [0.15, 0.2) is 120 Å². The van der Waals surface area contributed by atoms with E-state index in [1.54, 1.807) is 0 Å². The average Bonchev–Trinajstić information content (AvgIpc) is 3.73. The minimum absolute atomic E-state index is 0. The molecule has 0 fully saturated rings. The zero-order valence-corrected chi connectivity index (χ0v) is 23.6. The van der Waals surface area contributed by atoms with Crippen LogP contribution >= 0.6 is 0 Å². The molecule has 8 bridgehead atoms. The summed E-state index contributed by atoms with van der Waals surface area (Å²) in [6.45, 7) is 0. The number of anilines is 4. The van der Waals surface area contributed by atoms with Crippen molar-refractivity contribution in [2.75, 3.05) is 21.3 Å². The first-order valence-corrected chi connectivity index (χ1v) is 13.7. The maximum Gasteiger partial charge on any atom is 2.00 e. The molecule has 9 rings (SSSR count). The third-order valence-corrected chi connectivity index (χ3v) is 8.42. The molecule has 2 aliphatic carbocycles. The summed E-state index contributed by atoms with van der Waals surface area (Å²) in [5.41, 5.74) is 2.38. The quantitative estimate of drug-likeness (QED) is 0.177. The zero-order chi connectivity index (χ0) is 26.2. The number of aromatic nitrogens is 2. The van der Waals surface area contributed by atoms with E-state index < -0.39 is 0 Å². The van der Waals surface area contributed by atoms with Crippen molar-refractivity contribution >= 4 is 67.9 Å². The topological polar surface area (TPSA) is 100 Å². The Labute approximate surface area is 253 Å². The molecule has 41 heavy (non-hydrogen) atoms. The van der Waals surface area contributed by atoms with Gasteiger partial charge >= 0.3 is 23.1 Å². The first-order valence-electron chi connectivity index (χ1n) is 13.7. The fourth-order valence-corrected chi connectivity index (χ4v) is 6.52. The Morgan fingerprint density at radius 3 is 1.37 bits per heavy atom. The summed E-state index contributed by atoms with van der Waals surface area (Å²) in [6.07, 6.45) is 17.0. The first-order chi connectivity index (χ1) is 19.8. The molecule has 8 nitrogen and oxygen atoms in total. The molecule has 4 aromatic rings. The summed E-state index contributed by atoms with van der Waals surface area (Å²) in [5, 5.41) is 26.5. The van der Waals surface area contributed by atoms with Crippen molar-refractivity contribution in [1.29, 1.82) is 0 Å². The predicted octanol–water partition coefficient (Wildman–Crippen LogP) is 4.65. The third-order valence-electron chi connectivity index (χ3n) is 8.42. The van der Waals surface area contributed by atoms with Crippen molar-refractivity contribution in [3.05, 3.63) is 120 Å². The second kappa shape index (κ2) is 9.29. The molecule has 5 aliphatic rings. The Bertz CT molecular complexity index is 1770. The van der Waals surface area contributed by atoms with Crippen LogP contribution in [0.25, 0.3) is 21.5 Å². The number of nitrogens with zero attached hydrogens (tertiary/aromatic N) is 2. The molecule has 2 aromatic heterocycles. The van der Waals surface area contributed by atoms with E-state index in [0.29, 0.717) is 0 Å². The Kier molecular flexibility index (Phi) is 5.51. The fourth-order valence-electron chi connectivity index (χ4n) is 6.52. The van der Waals surface area contributed by atoms with Crippen LogP contribution in [0.3, 0.4) is 0 Å².